The van der Waals surface area contributed by atoms with Crippen molar-refractivity contribution < 1.29 is 0 Å². The molecular weight excluding hydrogens is 426 g/mol. The van der Waals surface area contributed by atoms with E-state index in [2.05, 4.69) is 41.1 Å². The van der Waals surface area contributed by atoms with E-state index in [0.717, 1.165) is 62.4 Å². The quantitative estimate of drug-likeness (QED) is 0.410. The Hall–Kier alpha value is -4.37. The fourth-order valence-electron chi connectivity index (χ4n) is 4.22. The third-order valence-corrected chi connectivity index (χ3v) is 5.74. The van der Waals surface area contributed by atoms with Crippen molar-refractivity contribution in [1.29, 1.82) is 0 Å². The highest BCUT2D eigenvalue weighted by molar-refractivity contribution is 5.95. The number of nitrogens with one attached hydrogen (secondary N) is 2. The number of pyridine rings is 2. The van der Waals surface area contributed by atoms with Crippen LogP contribution in [0.25, 0.3) is 50.4 Å². The monoisotopic (exact) mass is 449 g/mol. The van der Waals surface area contributed by atoms with Gasteiger partial charge in [0, 0.05) is 36.1 Å². The van der Waals surface area contributed by atoms with E-state index in [1.165, 1.54) is 0 Å². The third kappa shape index (κ3) is 3.52. The van der Waals surface area contributed by atoms with Gasteiger partial charge >= 0.3 is 0 Å². The lowest BCUT2D eigenvalue weighted by molar-refractivity contribution is 0.402. The van der Waals surface area contributed by atoms with Crippen LogP contribution >= 0.6 is 0 Å². The molecule has 6 rings (SSSR count). The van der Waals surface area contributed by atoms with Gasteiger partial charge in [-0.15, -0.1) is 0 Å². The molecule has 9 heteroatoms. The van der Waals surface area contributed by atoms with Gasteiger partial charge in [-0.1, -0.05) is 6.07 Å². The molecule has 6 aromatic rings. The van der Waals surface area contributed by atoms with Crippen LogP contribution in [0, 0.1) is 6.92 Å². The SMILES string of the molecule is Cc1cn(-c2cccc3[nH]c(-c4n[nH]c5cnc(-c6cncc(CN(C)C)c6)cc45)nc23)cn1. The average molecular weight is 450 g/mol. The van der Waals surface area contributed by atoms with Gasteiger partial charge in [-0.05, 0) is 50.8 Å². The minimum absolute atomic E-state index is 0.696. The number of rotatable bonds is 5. The van der Waals surface area contributed by atoms with E-state index in [-0.39, 0.29) is 0 Å². The lowest BCUT2D eigenvalue weighted by atomic mass is 10.1. The smallest absolute Gasteiger partial charge is 0.159 e. The largest absolute Gasteiger partial charge is 0.336 e. The van der Waals surface area contributed by atoms with Crippen molar-refractivity contribution in [2.24, 2.45) is 0 Å². The fraction of sp³-hybridized carbons (Fsp3) is 0.160. The van der Waals surface area contributed by atoms with Gasteiger partial charge in [0.25, 0.3) is 0 Å². The number of para-hydroxylation sites is 1. The van der Waals surface area contributed by atoms with E-state index in [1.54, 1.807) is 6.33 Å². The topological polar surface area (TPSA) is 104 Å². The summed E-state index contributed by atoms with van der Waals surface area (Å²) in [6, 6.07) is 10.2. The Morgan fingerprint density at radius 1 is 1.03 bits per heavy atom. The van der Waals surface area contributed by atoms with Crippen LogP contribution in [0.5, 0.6) is 0 Å². The summed E-state index contributed by atoms with van der Waals surface area (Å²) in [4.78, 5) is 23.9. The summed E-state index contributed by atoms with van der Waals surface area (Å²) in [5.41, 5.74) is 8.26. The molecular formula is C25H23N9. The van der Waals surface area contributed by atoms with Crippen LogP contribution < -0.4 is 0 Å². The molecule has 2 N–H and O–H groups in total. The molecule has 0 fully saturated rings. The normalized spacial score (nSPS) is 11.8. The number of imidazole rings is 2. The number of aryl methyl sites for hydroxylation is 1. The van der Waals surface area contributed by atoms with Crippen molar-refractivity contribution in [2.75, 3.05) is 14.1 Å². The molecule has 0 unspecified atom stereocenters. The third-order valence-electron chi connectivity index (χ3n) is 5.74. The molecule has 0 aliphatic heterocycles. The van der Waals surface area contributed by atoms with Crippen molar-refractivity contribution in [3.05, 3.63) is 72.7 Å². The van der Waals surface area contributed by atoms with Crippen LogP contribution in [-0.2, 0) is 6.54 Å². The van der Waals surface area contributed by atoms with Crippen LogP contribution in [0.1, 0.15) is 11.3 Å². The molecule has 0 aliphatic carbocycles. The number of H-pyrrole nitrogens is 2. The molecule has 0 bridgehead atoms. The maximum absolute atomic E-state index is 4.92. The molecule has 5 heterocycles. The van der Waals surface area contributed by atoms with Crippen LogP contribution in [0.4, 0.5) is 0 Å². The summed E-state index contributed by atoms with van der Waals surface area (Å²) in [5, 5.41) is 8.59. The first kappa shape index (κ1) is 20.3. The highest BCUT2D eigenvalue weighted by atomic mass is 15.1. The molecule has 1 aromatic carbocycles. The van der Waals surface area contributed by atoms with Gasteiger partial charge < -0.3 is 14.5 Å². The second-order valence-corrected chi connectivity index (χ2v) is 8.69. The number of aromatic nitrogens is 8. The Labute approximate surface area is 195 Å². The number of nitrogens with zero attached hydrogens (tertiary/aromatic N) is 7. The standard InChI is InChI=1S/C25H23N9/c1-15-12-34(14-28-15)22-6-4-5-19-24(22)30-25(29-19)23-18-8-20(27-11-21(18)31-32-23)17-7-16(9-26-10-17)13-33(2)3/h4-12,14H,13H2,1-3H3,(H,29,30)(H,31,32). The second-order valence-electron chi connectivity index (χ2n) is 8.69. The van der Waals surface area contributed by atoms with E-state index >= 15 is 0 Å². The van der Waals surface area contributed by atoms with E-state index in [9.17, 15) is 0 Å². The Balaban J connectivity index is 1.45. The van der Waals surface area contributed by atoms with Crippen LogP contribution in [0.2, 0.25) is 0 Å². The van der Waals surface area contributed by atoms with Gasteiger partial charge in [0.2, 0.25) is 0 Å². The van der Waals surface area contributed by atoms with Gasteiger partial charge in [0.15, 0.2) is 5.82 Å². The van der Waals surface area contributed by atoms with Gasteiger partial charge in [-0.3, -0.25) is 15.1 Å². The highest BCUT2D eigenvalue weighted by Gasteiger charge is 2.16. The molecule has 168 valence electrons. The average Bonchev–Trinajstić information content (AvgIpc) is 3.55. The molecule has 5 aromatic heterocycles. The molecule has 0 saturated heterocycles. The first-order valence-corrected chi connectivity index (χ1v) is 11.0. The summed E-state index contributed by atoms with van der Waals surface area (Å²) < 4.78 is 1.99. The van der Waals surface area contributed by atoms with Crippen LogP contribution in [0.15, 0.2) is 61.4 Å². The molecule has 0 saturated carbocycles. The van der Waals surface area contributed by atoms with Crippen molar-refractivity contribution in [1.82, 2.24) is 44.6 Å². The van der Waals surface area contributed by atoms with Crippen molar-refractivity contribution in [3.63, 3.8) is 0 Å². The van der Waals surface area contributed by atoms with E-state index in [0.29, 0.717) is 5.82 Å². The minimum Gasteiger partial charge on any atom is -0.336 e. The Kier molecular flexibility index (Phi) is 4.70. The zero-order chi connectivity index (χ0) is 23.2. The Morgan fingerprint density at radius 2 is 1.94 bits per heavy atom. The first-order chi connectivity index (χ1) is 16.5. The van der Waals surface area contributed by atoms with Crippen LogP contribution in [-0.4, -0.2) is 58.7 Å². The number of hydrogen-bond donors (Lipinski definition) is 2. The fourth-order valence-corrected chi connectivity index (χ4v) is 4.22. The summed E-state index contributed by atoms with van der Waals surface area (Å²) in [5.74, 6) is 0.696. The van der Waals surface area contributed by atoms with E-state index in [1.807, 2.05) is 74.6 Å². The molecule has 0 radical (unpaired) electrons. The van der Waals surface area contributed by atoms with Crippen molar-refractivity contribution >= 4 is 21.9 Å². The van der Waals surface area contributed by atoms with Gasteiger partial charge in [-0.2, -0.15) is 5.10 Å². The lowest BCUT2D eigenvalue weighted by Gasteiger charge is -2.10. The predicted octanol–water partition coefficient (Wildman–Crippen LogP) is 4.12. The first-order valence-electron chi connectivity index (χ1n) is 11.0. The Morgan fingerprint density at radius 3 is 2.76 bits per heavy atom. The molecule has 0 amide bonds. The minimum atomic E-state index is 0.696. The molecule has 0 spiro atoms. The second kappa shape index (κ2) is 7.89. The zero-order valence-corrected chi connectivity index (χ0v) is 19.1. The molecule has 9 nitrogen and oxygen atoms in total. The number of aromatic amines is 2. The van der Waals surface area contributed by atoms with E-state index in [4.69, 9.17) is 4.98 Å². The zero-order valence-electron chi connectivity index (χ0n) is 19.1. The number of fused-ring (bicyclic) bond motifs is 2. The number of hydrogen-bond acceptors (Lipinski definition) is 6. The predicted molar refractivity (Wildman–Crippen MR) is 131 cm³/mol. The van der Waals surface area contributed by atoms with Crippen molar-refractivity contribution in [2.45, 2.75) is 13.5 Å². The summed E-state index contributed by atoms with van der Waals surface area (Å²) in [6.07, 6.45) is 9.33. The molecule has 0 atom stereocenters. The Bertz CT molecular complexity index is 1640. The van der Waals surface area contributed by atoms with E-state index < -0.39 is 0 Å². The van der Waals surface area contributed by atoms with Crippen molar-refractivity contribution in [3.8, 4) is 28.5 Å². The summed E-state index contributed by atoms with van der Waals surface area (Å²) in [6.45, 7) is 2.79. The van der Waals surface area contributed by atoms with Gasteiger partial charge in [0.1, 0.15) is 11.2 Å². The van der Waals surface area contributed by atoms with Gasteiger partial charge in [0.05, 0.1) is 40.6 Å². The number of benzene rings is 1. The van der Waals surface area contributed by atoms with Gasteiger partial charge in [-0.25, -0.2) is 9.97 Å². The maximum Gasteiger partial charge on any atom is 0.159 e. The summed E-state index contributed by atoms with van der Waals surface area (Å²) in [7, 11) is 4.09. The molecule has 0 aliphatic rings. The summed E-state index contributed by atoms with van der Waals surface area (Å²) >= 11 is 0. The highest BCUT2D eigenvalue weighted by Crippen LogP contribution is 2.30. The lowest BCUT2D eigenvalue weighted by Crippen LogP contribution is -2.10. The molecule has 34 heavy (non-hydrogen) atoms. The maximum atomic E-state index is 4.92. The van der Waals surface area contributed by atoms with Crippen LogP contribution in [0.3, 0.4) is 0 Å².